The van der Waals surface area contributed by atoms with E-state index in [0.717, 1.165) is 31.2 Å². The van der Waals surface area contributed by atoms with Crippen molar-refractivity contribution in [3.63, 3.8) is 0 Å². The number of carbonyl (C=O) groups is 1. The zero-order valence-electron chi connectivity index (χ0n) is 13.1. The molecule has 1 aromatic carbocycles. The first kappa shape index (κ1) is 15.2. The van der Waals surface area contributed by atoms with Crippen LogP contribution in [0.15, 0.2) is 24.3 Å². The average Bonchev–Trinajstić information content (AvgIpc) is 3.32. The Labute approximate surface area is 132 Å². The van der Waals surface area contributed by atoms with Gasteiger partial charge in [-0.15, -0.1) is 0 Å². The number of urea groups is 1. The molecule has 0 bridgehead atoms. The Morgan fingerprint density at radius 2 is 1.86 bits per heavy atom. The molecule has 0 atom stereocenters. The van der Waals surface area contributed by atoms with Gasteiger partial charge >= 0.3 is 6.03 Å². The minimum absolute atomic E-state index is 0.0674. The van der Waals surface area contributed by atoms with Crippen molar-refractivity contribution in [2.45, 2.75) is 70.0 Å². The Kier molecular flexibility index (Phi) is 4.86. The maximum Gasteiger partial charge on any atom is 0.318 e. The fraction of sp³-hybridized carbons (Fsp3) is 0.611. The Bertz CT molecular complexity index is 506. The topological polar surface area (TPSA) is 52.6 Å². The van der Waals surface area contributed by atoms with Crippen LogP contribution in [0.2, 0.25) is 0 Å². The van der Waals surface area contributed by atoms with Gasteiger partial charge in [-0.25, -0.2) is 4.79 Å². The summed E-state index contributed by atoms with van der Waals surface area (Å²) in [6.45, 7) is 0.581. The number of aromatic hydroxyl groups is 1. The number of benzene rings is 1. The third kappa shape index (κ3) is 4.15. The Balaban J connectivity index is 1.61. The number of carbonyl (C=O) groups excluding carboxylic acids is 1. The molecule has 2 fully saturated rings. The zero-order valence-corrected chi connectivity index (χ0v) is 13.1. The lowest BCUT2D eigenvalue weighted by Gasteiger charge is -2.26. The Morgan fingerprint density at radius 3 is 2.50 bits per heavy atom. The van der Waals surface area contributed by atoms with Crippen LogP contribution in [0.25, 0.3) is 0 Å². The number of hydrogen-bond donors (Lipinski definition) is 2. The molecule has 0 radical (unpaired) electrons. The molecule has 4 nitrogen and oxygen atoms in total. The van der Waals surface area contributed by atoms with E-state index < -0.39 is 0 Å². The maximum atomic E-state index is 12.6. The quantitative estimate of drug-likeness (QED) is 0.831. The van der Waals surface area contributed by atoms with E-state index in [1.54, 1.807) is 12.1 Å². The molecule has 2 N–H and O–H groups in total. The molecular weight excluding hydrogens is 276 g/mol. The molecule has 0 heterocycles. The van der Waals surface area contributed by atoms with E-state index in [2.05, 4.69) is 5.32 Å². The van der Waals surface area contributed by atoms with Crippen molar-refractivity contribution in [1.82, 2.24) is 10.2 Å². The van der Waals surface area contributed by atoms with Gasteiger partial charge in [-0.1, -0.05) is 37.8 Å². The van der Waals surface area contributed by atoms with E-state index in [4.69, 9.17) is 0 Å². The number of nitrogens with zero attached hydrogens (tertiary/aromatic N) is 1. The summed E-state index contributed by atoms with van der Waals surface area (Å²) in [5.41, 5.74) is 0.989. The molecule has 2 aliphatic carbocycles. The summed E-state index contributed by atoms with van der Waals surface area (Å²) in [6, 6.07) is 7.98. The van der Waals surface area contributed by atoms with Crippen LogP contribution in [0.4, 0.5) is 4.79 Å². The molecule has 0 aromatic heterocycles. The van der Waals surface area contributed by atoms with Crippen LogP contribution < -0.4 is 5.32 Å². The van der Waals surface area contributed by atoms with Crippen LogP contribution in [0.3, 0.4) is 0 Å². The number of phenolic OH excluding ortho intramolecular Hbond substituents is 1. The van der Waals surface area contributed by atoms with Crippen molar-refractivity contribution >= 4 is 6.03 Å². The van der Waals surface area contributed by atoms with Gasteiger partial charge in [0.15, 0.2) is 0 Å². The van der Waals surface area contributed by atoms with Gasteiger partial charge in [0.1, 0.15) is 5.75 Å². The Morgan fingerprint density at radius 1 is 1.14 bits per heavy atom. The van der Waals surface area contributed by atoms with Gasteiger partial charge in [0, 0.05) is 18.6 Å². The molecule has 0 saturated heterocycles. The number of rotatable bonds is 4. The molecule has 0 unspecified atom stereocenters. The van der Waals surface area contributed by atoms with E-state index in [9.17, 15) is 9.90 Å². The van der Waals surface area contributed by atoms with E-state index in [1.165, 1.54) is 25.7 Å². The lowest BCUT2D eigenvalue weighted by molar-refractivity contribution is 0.186. The summed E-state index contributed by atoms with van der Waals surface area (Å²) >= 11 is 0. The van der Waals surface area contributed by atoms with Gasteiger partial charge in [-0.2, -0.15) is 0 Å². The molecule has 1 aromatic rings. The van der Waals surface area contributed by atoms with Gasteiger partial charge in [0.25, 0.3) is 0 Å². The number of hydrogen-bond acceptors (Lipinski definition) is 2. The minimum Gasteiger partial charge on any atom is -0.508 e. The average molecular weight is 302 g/mol. The number of phenols is 1. The van der Waals surface area contributed by atoms with Crippen molar-refractivity contribution < 1.29 is 9.90 Å². The smallest absolute Gasteiger partial charge is 0.318 e. The highest BCUT2D eigenvalue weighted by atomic mass is 16.3. The minimum atomic E-state index is 0.0674. The fourth-order valence-corrected chi connectivity index (χ4v) is 3.29. The molecule has 120 valence electrons. The van der Waals surface area contributed by atoms with E-state index in [-0.39, 0.29) is 11.8 Å². The van der Waals surface area contributed by atoms with Crippen LogP contribution in [-0.4, -0.2) is 28.1 Å². The molecule has 2 saturated carbocycles. The SMILES string of the molecule is O=C(NC1CCCCCC1)N(Cc1cccc(O)c1)C1CC1. The summed E-state index contributed by atoms with van der Waals surface area (Å²) in [6.07, 6.45) is 9.44. The predicted octanol–water partition coefficient (Wildman–Crippen LogP) is 3.79. The second-order valence-corrected chi connectivity index (χ2v) is 6.67. The molecule has 3 rings (SSSR count). The zero-order chi connectivity index (χ0) is 15.4. The number of nitrogens with one attached hydrogen (secondary N) is 1. The van der Waals surface area contributed by atoms with Crippen molar-refractivity contribution in [3.05, 3.63) is 29.8 Å². The van der Waals surface area contributed by atoms with E-state index >= 15 is 0 Å². The second-order valence-electron chi connectivity index (χ2n) is 6.67. The summed E-state index contributed by atoms with van der Waals surface area (Å²) in [7, 11) is 0. The van der Waals surface area contributed by atoms with E-state index in [1.807, 2.05) is 17.0 Å². The van der Waals surface area contributed by atoms with Crippen LogP contribution in [0.1, 0.15) is 56.9 Å². The van der Waals surface area contributed by atoms with Gasteiger partial charge in [-0.3, -0.25) is 0 Å². The summed E-state index contributed by atoms with van der Waals surface area (Å²) in [4.78, 5) is 14.6. The first-order valence-corrected chi connectivity index (χ1v) is 8.57. The highest BCUT2D eigenvalue weighted by Gasteiger charge is 2.33. The lowest BCUT2D eigenvalue weighted by atomic mass is 10.1. The molecule has 4 heteroatoms. The van der Waals surface area contributed by atoms with Crippen molar-refractivity contribution in [2.24, 2.45) is 0 Å². The summed E-state index contributed by atoms with van der Waals surface area (Å²) in [5, 5.41) is 12.8. The lowest BCUT2D eigenvalue weighted by Crippen LogP contribution is -2.45. The van der Waals surface area contributed by atoms with Crippen molar-refractivity contribution in [1.29, 1.82) is 0 Å². The Hall–Kier alpha value is -1.71. The van der Waals surface area contributed by atoms with Crippen LogP contribution in [0, 0.1) is 0 Å². The molecule has 0 aliphatic heterocycles. The second kappa shape index (κ2) is 7.03. The summed E-state index contributed by atoms with van der Waals surface area (Å²) in [5.74, 6) is 0.262. The van der Waals surface area contributed by atoms with Crippen molar-refractivity contribution in [3.8, 4) is 5.75 Å². The molecule has 22 heavy (non-hydrogen) atoms. The van der Waals surface area contributed by atoms with Crippen molar-refractivity contribution in [2.75, 3.05) is 0 Å². The highest BCUT2D eigenvalue weighted by Crippen LogP contribution is 2.29. The molecule has 2 aliphatic rings. The first-order valence-electron chi connectivity index (χ1n) is 8.57. The third-order valence-electron chi connectivity index (χ3n) is 4.69. The highest BCUT2D eigenvalue weighted by molar-refractivity contribution is 5.75. The van der Waals surface area contributed by atoms with Gasteiger partial charge in [0.2, 0.25) is 0 Å². The van der Waals surface area contributed by atoms with Gasteiger partial charge < -0.3 is 15.3 Å². The van der Waals surface area contributed by atoms with Gasteiger partial charge in [-0.05, 0) is 43.4 Å². The summed E-state index contributed by atoms with van der Waals surface area (Å²) < 4.78 is 0. The van der Waals surface area contributed by atoms with Crippen LogP contribution in [-0.2, 0) is 6.54 Å². The maximum absolute atomic E-state index is 12.6. The van der Waals surface area contributed by atoms with Crippen LogP contribution >= 0.6 is 0 Å². The fourth-order valence-electron chi connectivity index (χ4n) is 3.29. The molecule has 2 amide bonds. The third-order valence-corrected chi connectivity index (χ3v) is 4.69. The molecular formula is C18H26N2O2. The van der Waals surface area contributed by atoms with Crippen LogP contribution in [0.5, 0.6) is 5.75 Å². The largest absolute Gasteiger partial charge is 0.508 e. The first-order chi connectivity index (χ1) is 10.7. The monoisotopic (exact) mass is 302 g/mol. The van der Waals surface area contributed by atoms with Gasteiger partial charge in [0.05, 0.1) is 0 Å². The standard InChI is InChI=1S/C18H26N2O2/c21-17-9-5-6-14(12-17)13-20(16-10-11-16)18(22)19-15-7-3-1-2-4-8-15/h5-6,9,12,15-16,21H,1-4,7-8,10-11,13H2,(H,19,22). The molecule has 0 spiro atoms. The van der Waals surface area contributed by atoms with E-state index in [0.29, 0.717) is 18.6 Å². The number of amides is 2. The predicted molar refractivity (Wildman–Crippen MR) is 86.7 cm³/mol. The normalized spacial score (nSPS) is 19.5.